The summed E-state index contributed by atoms with van der Waals surface area (Å²) in [7, 11) is 1.67. The third-order valence-electron chi connectivity index (χ3n) is 4.36. The van der Waals surface area contributed by atoms with E-state index in [-0.39, 0.29) is 6.04 Å². The minimum absolute atomic E-state index is 0.0540. The largest absolute Gasteiger partial charge is 0.495 e. The maximum absolute atomic E-state index is 10.5. The number of para-hydroxylation sites is 2. The number of ether oxygens (including phenoxy) is 1. The Balaban J connectivity index is 1.58. The second-order valence-corrected chi connectivity index (χ2v) is 6.03. The molecule has 4 nitrogen and oxygen atoms in total. The molecular weight excluding hydrogens is 288 g/mol. The summed E-state index contributed by atoms with van der Waals surface area (Å²) < 4.78 is 5.37. The van der Waals surface area contributed by atoms with Gasteiger partial charge < -0.3 is 15.2 Å². The molecule has 1 heterocycles. The SMILES string of the molecule is COc1ccccc1N[C@@H]1CCN(Cc2ccccc2)C[C@H]1O. The predicted molar refractivity (Wildman–Crippen MR) is 92.7 cm³/mol. The fourth-order valence-electron chi connectivity index (χ4n) is 3.11. The van der Waals surface area contributed by atoms with Gasteiger partial charge in [-0.15, -0.1) is 0 Å². The topological polar surface area (TPSA) is 44.7 Å². The first kappa shape index (κ1) is 15.8. The first-order valence-electron chi connectivity index (χ1n) is 8.10. The molecular formula is C19H24N2O2. The molecule has 122 valence electrons. The van der Waals surface area contributed by atoms with Crippen molar-refractivity contribution in [1.82, 2.24) is 4.90 Å². The molecule has 1 fully saturated rings. The number of nitrogens with one attached hydrogen (secondary N) is 1. The van der Waals surface area contributed by atoms with Crippen LogP contribution in [0.25, 0.3) is 0 Å². The number of nitrogens with zero attached hydrogens (tertiary/aromatic N) is 1. The van der Waals surface area contributed by atoms with Gasteiger partial charge in [-0.1, -0.05) is 42.5 Å². The van der Waals surface area contributed by atoms with Gasteiger partial charge in [0.2, 0.25) is 0 Å². The number of β-amino-alcohol motifs (C(OH)–C–C–N with tert-alkyl or cyclic N) is 1. The molecule has 1 aliphatic rings. The molecule has 4 heteroatoms. The second-order valence-electron chi connectivity index (χ2n) is 6.03. The average Bonchev–Trinajstić information content (AvgIpc) is 2.59. The number of methoxy groups -OCH3 is 1. The fraction of sp³-hybridized carbons (Fsp3) is 0.368. The van der Waals surface area contributed by atoms with E-state index in [9.17, 15) is 5.11 Å². The highest BCUT2D eigenvalue weighted by atomic mass is 16.5. The molecule has 2 atom stereocenters. The highest BCUT2D eigenvalue weighted by molar-refractivity contribution is 5.56. The third-order valence-corrected chi connectivity index (χ3v) is 4.36. The van der Waals surface area contributed by atoms with Gasteiger partial charge >= 0.3 is 0 Å². The van der Waals surface area contributed by atoms with E-state index in [1.54, 1.807) is 7.11 Å². The van der Waals surface area contributed by atoms with Crippen LogP contribution in [0.1, 0.15) is 12.0 Å². The Labute approximate surface area is 137 Å². The van der Waals surface area contributed by atoms with Gasteiger partial charge in [-0.05, 0) is 24.1 Å². The van der Waals surface area contributed by atoms with E-state index in [1.807, 2.05) is 30.3 Å². The summed E-state index contributed by atoms with van der Waals surface area (Å²) in [6.45, 7) is 2.54. The summed E-state index contributed by atoms with van der Waals surface area (Å²) in [6.07, 6.45) is 0.517. The number of likely N-dealkylation sites (tertiary alicyclic amines) is 1. The van der Waals surface area contributed by atoms with Crippen molar-refractivity contribution < 1.29 is 9.84 Å². The molecule has 0 amide bonds. The van der Waals surface area contributed by atoms with Crippen LogP contribution in [-0.4, -0.2) is 42.4 Å². The first-order chi connectivity index (χ1) is 11.3. The molecule has 0 unspecified atom stereocenters. The normalized spacial score (nSPS) is 21.8. The maximum atomic E-state index is 10.5. The molecule has 23 heavy (non-hydrogen) atoms. The van der Waals surface area contributed by atoms with Gasteiger partial charge in [-0.3, -0.25) is 4.90 Å². The van der Waals surface area contributed by atoms with Crippen LogP contribution in [0.5, 0.6) is 5.75 Å². The minimum atomic E-state index is -0.391. The maximum Gasteiger partial charge on any atom is 0.141 e. The molecule has 0 aliphatic carbocycles. The number of hydrogen-bond donors (Lipinski definition) is 2. The number of aliphatic hydroxyl groups is 1. The van der Waals surface area contributed by atoms with Gasteiger partial charge in [0.15, 0.2) is 0 Å². The summed E-state index contributed by atoms with van der Waals surface area (Å²) >= 11 is 0. The van der Waals surface area contributed by atoms with Gasteiger partial charge in [0.05, 0.1) is 24.9 Å². The van der Waals surface area contributed by atoms with Gasteiger partial charge in [-0.25, -0.2) is 0 Å². The summed E-state index contributed by atoms with van der Waals surface area (Å²) in [6, 6.07) is 18.3. The number of piperidine rings is 1. The lowest BCUT2D eigenvalue weighted by Crippen LogP contribution is -2.49. The van der Waals surface area contributed by atoms with E-state index in [0.29, 0.717) is 6.54 Å². The van der Waals surface area contributed by atoms with E-state index in [2.05, 4.69) is 34.5 Å². The Morgan fingerprint density at radius 3 is 2.61 bits per heavy atom. The smallest absolute Gasteiger partial charge is 0.141 e. The van der Waals surface area contributed by atoms with E-state index < -0.39 is 6.10 Å². The lowest BCUT2D eigenvalue weighted by molar-refractivity contribution is 0.0561. The van der Waals surface area contributed by atoms with Crippen LogP contribution in [-0.2, 0) is 6.54 Å². The second kappa shape index (κ2) is 7.49. The van der Waals surface area contributed by atoms with Gasteiger partial charge in [0.1, 0.15) is 5.75 Å². The molecule has 1 saturated heterocycles. The van der Waals surface area contributed by atoms with Crippen molar-refractivity contribution >= 4 is 5.69 Å². The Morgan fingerprint density at radius 1 is 1.13 bits per heavy atom. The van der Waals surface area contributed by atoms with E-state index >= 15 is 0 Å². The van der Waals surface area contributed by atoms with Crippen LogP contribution in [0.15, 0.2) is 54.6 Å². The Morgan fingerprint density at radius 2 is 1.87 bits per heavy atom. The van der Waals surface area contributed by atoms with Gasteiger partial charge in [0, 0.05) is 19.6 Å². The van der Waals surface area contributed by atoms with Crippen molar-refractivity contribution in [3.8, 4) is 5.75 Å². The average molecular weight is 312 g/mol. The summed E-state index contributed by atoms with van der Waals surface area (Å²) in [5, 5.41) is 13.9. The highest BCUT2D eigenvalue weighted by Gasteiger charge is 2.28. The molecule has 0 saturated carbocycles. The number of anilines is 1. The Hall–Kier alpha value is -2.04. The highest BCUT2D eigenvalue weighted by Crippen LogP contribution is 2.26. The lowest BCUT2D eigenvalue weighted by Gasteiger charge is -2.37. The van der Waals surface area contributed by atoms with Crippen molar-refractivity contribution in [2.24, 2.45) is 0 Å². The Kier molecular flexibility index (Phi) is 5.16. The van der Waals surface area contributed by atoms with E-state index in [0.717, 1.165) is 30.9 Å². The zero-order valence-corrected chi connectivity index (χ0v) is 13.5. The van der Waals surface area contributed by atoms with Crippen molar-refractivity contribution in [3.63, 3.8) is 0 Å². The van der Waals surface area contributed by atoms with Crippen molar-refractivity contribution in [2.75, 3.05) is 25.5 Å². The van der Waals surface area contributed by atoms with Crippen LogP contribution < -0.4 is 10.1 Å². The zero-order valence-electron chi connectivity index (χ0n) is 13.5. The monoisotopic (exact) mass is 312 g/mol. The van der Waals surface area contributed by atoms with Crippen LogP contribution in [0.3, 0.4) is 0 Å². The minimum Gasteiger partial charge on any atom is -0.495 e. The number of hydrogen-bond acceptors (Lipinski definition) is 4. The molecule has 3 rings (SSSR count). The molecule has 1 aliphatic heterocycles. The quantitative estimate of drug-likeness (QED) is 0.891. The van der Waals surface area contributed by atoms with E-state index in [1.165, 1.54) is 5.56 Å². The summed E-state index contributed by atoms with van der Waals surface area (Å²) in [5.74, 6) is 0.811. The van der Waals surface area contributed by atoms with Crippen molar-refractivity contribution in [2.45, 2.75) is 25.1 Å². The number of rotatable bonds is 5. The number of aliphatic hydroxyl groups excluding tert-OH is 1. The summed E-state index contributed by atoms with van der Waals surface area (Å²) in [4.78, 5) is 2.31. The van der Waals surface area contributed by atoms with Crippen LogP contribution in [0, 0.1) is 0 Å². The van der Waals surface area contributed by atoms with Crippen LogP contribution >= 0.6 is 0 Å². The molecule has 2 aromatic rings. The Bertz CT molecular complexity index is 618. The predicted octanol–water partition coefficient (Wildman–Crippen LogP) is 2.74. The standard InChI is InChI=1S/C19H24N2O2/c1-23-19-10-6-5-9-17(19)20-16-11-12-21(14-18(16)22)13-15-7-3-2-4-8-15/h2-10,16,18,20,22H,11-14H2,1H3/t16-,18-/m1/s1. The van der Waals surface area contributed by atoms with E-state index in [4.69, 9.17) is 4.74 Å². The van der Waals surface area contributed by atoms with Crippen LogP contribution in [0.4, 0.5) is 5.69 Å². The van der Waals surface area contributed by atoms with Crippen molar-refractivity contribution in [1.29, 1.82) is 0 Å². The molecule has 0 radical (unpaired) electrons. The zero-order chi connectivity index (χ0) is 16.1. The van der Waals surface area contributed by atoms with Crippen molar-refractivity contribution in [3.05, 3.63) is 60.2 Å². The molecule has 2 aromatic carbocycles. The van der Waals surface area contributed by atoms with Gasteiger partial charge in [-0.2, -0.15) is 0 Å². The fourth-order valence-corrected chi connectivity index (χ4v) is 3.11. The van der Waals surface area contributed by atoms with Gasteiger partial charge in [0.25, 0.3) is 0 Å². The summed E-state index contributed by atoms with van der Waals surface area (Å²) in [5.41, 5.74) is 2.23. The molecule has 0 aromatic heterocycles. The first-order valence-corrected chi connectivity index (χ1v) is 8.10. The molecule has 2 N–H and O–H groups in total. The van der Waals surface area contributed by atoms with Crippen LogP contribution in [0.2, 0.25) is 0 Å². The molecule has 0 spiro atoms. The lowest BCUT2D eigenvalue weighted by atomic mass is 10.0. The third kappa shape index (κ3) is 4.03. The number of benzene rings is 2. The molecule has 0 bridgehead atoms.